The summed E-state index contributed by atoms with van der Waals surface area (Å²) in [5, 5.41) is 7.19. The molecule has 0 unspecified atom stereocenters. The number of anilines is 1. The van der Waals surface area contributed by atoms with Crippen LogP contribution in [0.4, 0.5) is 5.82 Å². The lowest BCUT2D eigenvalue weighted by Gasteiger charge is -2.08. The molecule has 1 aromatic carbocycles. The van der Waals surface area contributed by atoms with E-state index in [9.17, 15) is 4.79 Å². The van der Waals surface area contributed by atoms with Crippen LogP contribution < -0.4 is 5.32 Å². The molecule has 22 heavy (non-hydrogen) atoms. The predicted octanol–water partition coefficient (Wildman–Crippen LogP) is 4.32. The van der Waals surface area contributed by atoms with Gasteiger partial charge in [0.25, 0.3) is 5.91 Å². The first kappa shape index (κ1) is 15.0. The van der Waals surface area contributed by atoms with Crippen LogP contribution in [0.3, 0.4) is 0 Å². The van der Waals surface area contributed by atoms with Crippen molar-refractivity contribution in [1.29, 1.82) is 0 Å². The maximum atomic E-state index is 12.2. The number of aromatic nitrogens is 2. The van der Waals surface area contributed by atoms with Gasteiger partial charge in [0.2, 0.25) is 0 Å². The number of aryl methyl sites for hydroxylation is 1. The summed E-state index contributed by atoms with van der Waals surface area (Å²) in [5.74, 6) is 0.592. The second-order valence-corrected chi connectivity index (χ2v) is 7.07. The fourth-order valence-corrected chi connectivity index (χ4v) is 3.09. The number of nitrogens with zero attached hydrogens (tertiary/aromatic N) is 2. The molecule has 0 fully saturated rings. The van der Waals surface area contributed by atoms with E-state index < -0.39 is 0 Å². The van der Waals surface area contributed by atoms with Crippen molar-refractivity contribution in [2.24, 2.45) is 0 Å². The van der Waals surface area contributed by atoms with Gasteiger partial charge in [-0.25, -0.2) is 4.68 Å². The number of hydrogen-bond donors (Lipinski definition) is 1. The van der Waals surface area contributed by atoms with Gasteiger partial charge in [0.15, 0.2) is 0 Å². The Kier molecular flexibility index (Phi) is 4.40. The number of carbonyl (C=O) groups is 1. The molecule has 2 aromatic heterocycles. The van der Waals surface area contributed by atoms with Crippen molar-refractivity contribution in [3.8, 4) is 0 Å². The molecule has 0 atom stereocenters. The van der Waals surface area contributed by atoms with Crippen LogP contribution in [0.15, 0.2) is 53.1 Å². The van der Waals surface area contributed by atoms with Gasteiger partial charge in [0.1, 0.15) is 5.82 Å². The van der Waals surface area contributed by atoms with E-state index in [4.69, 9.17) is 0 Å². The Balaban J connectivity index is 1.74. The first-order valence-electron chi connectivity index (χ1n) is 6.76. The van der Waals surface area contributed by atoms with Gasteiger partial charge in [0.05, 0.1) is 17.6 Å². The van der Waals surface area contributed by atoms with Crippen molar-refractivity contribution in [3.63, 3.8) is 0 Å². The number of nitrogens with one attached hydrogen (secondary N) is 1. The van der Waals surface area contributed by atoms with Crippen molar-refractivity contribution in [2.45, 2.75) is 13.5 Å². The quantitative estimate of drug-likeness (QED) is 0.737. The summed E-state index contributed by atoms with van der Waals surface area (Å²) in [6.45, 7) is 2.60. The first-order chi connectivity index (χ1) is 10.6. The summed E-state index contributed by atoms with van der Waals surface area (Å²) in [6.07, 6.45) is 1.69. The first-order valence-corrected chi connectivity index (χ1v) is 8.37. The van der Waals surface area contributed by atoms with Crippen molar-refractivity contribution in [3.05, 3.63) is 68.5 Å². The van der Waals surface area contributed by atoms with Gasteiger partial charge < -0.3 is 5.32 Å². The van der Waals surface area contributed by atoms with Crippen LogP contribution in [0.2, 0.25) is 0 Å². The Morgan fingerprint density at radius 2 is 2.00 bits per heavy atom. The molecule has 2 heterocycles. The molecule has 0 aliphatic heterocycles. The molecule has 0 bridgehead atoms. The highest BCUT2D eigenvalue weighted by Gasteiger charge is 2.11. The molecule has 0 aliphatic rings. The highest BCUT2D eigenvalue weighted by Crippen LogP contribution is 2.18. The lowest BCUT2D eigenvalue weighted by atomic mass is 10.2. The highest BCUT2D eigenvalue weighted by atomic mass is 79.9. The van der Waals surface area contributed by atoms with Crippen LogP contribution >= 0.6 is 27.3 Å². The molecule has 1 N–H and O–H groups in total. The van der Waals surface area contributed by atoms with Gasteiger partial charge in [-0.2, -0.15) is 5.10 Å². The minimum absolute atomic E-state index is 0.101. The summed E-state index contributed by atoms with van der Waals surface area (Å²) in [4.78, 5) is 14.0. The van der Waals surface area contributed by atoms with Crippen LogP contribution in [-0.4, -0.2) is 15.7 Å². The maximum Gasteiger partial charge on any atom is 0.266 e. The zero-order valence-electron chi connectivity index (χ0n) is 11.9. The Morgan fingerprint density at radius 3 is 2.68 bits per heavy atom. The third-order valence-electron chi connectivity index (χ3n) is 3.17. The number of rotatable bonds is 4. The molecular weight excluding hydrogens is 362 g/mol. The zero-order chi connectivity index (χ0) is 15.5. The minimum atomic E-state index is -0.101. The normalized spacial score (nSPS) is 10.6. The maximum absolute atomic E-state index is 12.2. The van der Waals surface area contributed by atoms with Crippen LogP contribution in [0.5, 0.6) is 0 Å². The second kappa shape index (κ2) is 6.46. The Bertz CT molecular complexity index is 792. The predicted molar refractivity (Wildman–Crippen MR) is 92.5 cm³/mol. The molecule has 4 nitrogen and oxygen atoms in total. The van der Waals surface area contributed by atoms with Gasteiger partial charge >= 0.3 is 0 Å². The summed E-state index contributed by atoms with van der Waals surface area (Å²) in [7, 11) is 0. The minimum Gasteiger partial charge on any atom is -0.306 e. The molecule has 1 amide bonds. The van der Waals surface area contributed by atoms with E-state index in [0.717, 1.165) is 14.9 Å². The van der Waals surface area contributed by atoms with E-state index in [1.54, 1.807) is 16.9 Å². The SMILES string of the molecule is Cc1ccc(C(=O)Nc2ccnn2Cc2ccc(Br)cc2)s1. The van der Waals surface area contributed by atoms with Gasteiger partial charge in [-0.1, -0.05) is 28.1 Å². The van der Waals surface area contributed by atoms with Crippen LogP contribution in [-0.2, 0) is 6.54 Å². The molecule has 3 rings (SSSR count). The molecule has 6 heteroatoms. The number of thiophene rings is 1. The smallest absolute Gasteiger partial charge is 0.266 e. The topological polar surface area (TPSA) is 46.9 Å². The van der Waals surface area contributed by atoms with Crippen LogP contribution in [0.1, 0.15) is 20.1 Å². The highest BCUT2D eigenvalue weighted by molar-refractivity contribution is 9.10. The second-order valence-electron chi connectivity index (χ2n) is 4.86. The van der Waals surface area contributed by atoms with Gasteiger partial charge in [-0.15, -0.1) is 11.3 Å². The van der Waals surface area contributed by atoms with Crippen molar-refractivity contribution >= 4 is 39.0 Å². The Hall–Kier alpha value is -1.92. The number of benzene rings is 1. The van der Waals surface area contributed by atoms with Gasteiger partial charge in [-0.3, -0.25) is 4.79 Å². The summed E-state index contributed by atoms with van der Waals surface area (Å²) >= 11 is 4.90. The van der Waals surface area contributed by atoms with E-state index in [2.05, 4.69) is 26.3 Å². The number of hydrogen-bond acceptors (Lipinski definition) is 3. The van der Waals surface area contributed by atoms with Crippen LogP contribution in [0, 0.1) is 6.92 Å². The molecule has 0 radical (unpaired) electrons. The van der Waals surface area contributed by atoms with Crippen molar-refractivity contribution in [1.82, 2.24) is 9.78 Å². The van der Waals surface area contributed by atoms with E-state index in [1.807, 2.05) is 43.3 Å². The Morgan fingerprint density at radius 1 is 1.23 bits per heavy atom. The van der Waals surface area contributed by atoms with Crippen molar-refractivity contribution < 1.29 is 4.79 Å². The summed E-state index contributed by atoms with van der Waals surface area (Å²) in [6, 6.07) is 13.6. The molecular formula is C16H14BrN3OS. The number of carbonyl (C=O) groups excluding carboxylic acids is 1. The Labute approximate surface area is 140 Å². The van der Waals surface area contributed by atoms with Crippen LogP contribution in [0.25, 0.3) is 0 Å². The van der Waals surface area contributed by atoms with E-state index >= 15 is 0 Å². The number of amides is 1. The third-order valence-corrected chi connectivity index (χ3v) is 4.70. The van der Waals surface area contributed by atoms with E-state index in [0.29, 0.717) is 17.2 Å². The lowest BCUT2D eigenvalue weighted by molar-refractivity contribution is 0.102. The van der Waals surface area contributed by atoms with Gasteiger partial charge in [-0.05, 0) is 36.8 Å². The lowest BCUT2D eigenvalue weighted by Crippen LogP contribution is -2.15. The molecule has 0 saturated carbocycles. The number of halogens is 1. The zero-order valence-corrected chi connectivity index (χ0v) is 14.3. The average Bonchev–Trinajstić information content (AvgIpc) is 3.11. The monoisotopic (exact) mass is 375 g/mol. The van der Waals surface area contributed by atoms with E-state index in [1.165, 1.54) is 11.3 Å². The largest absolute Gasteiger partial charge is 0.306 e. The van der Waals surface area contributed by atoms with E-state index in [-0.39, 0.29) is 5.91 Å². The fourth-order valence-electron chi connectivity index (χ4n) is 2.06. The molecule has 0 saturated heterocycles. The standard InChI is InChI=1S/C16H14BrN3OS/c1-11-2-7-14(22-11)16(21)19-15-8-9-18-20(15)10-12-3-5-13(17)6-4-12/h2-9H,10H2,1H3,(H,19,21). The molecule has 0 spiro atoms. The average molecular weight is 376 g/mol. The molecule has 3 aromatic rings. The molecule has 112 valence electrons. The summed E-state index contributed by atoms with van der Waals surface area (Å²) < 4.78 is 2.82. The molecule has 0 aliphatic carbocycles. The van der Waals surface area contributed by atoms with Crippen molar-refractivity contribution in [2.75, 3.05) is 5.32 Å². The fraction of sp³-hybridized carbons (Fsp3) is 0.125. The van der Waals surface area contributed by atoms with Gasteiger partial charge in [0, 0.05) is 15.4 Å². The third kappa shape index (κ3) is 3.45. The summed E-state index contributed by atoms with van der Waals surface area (Å²) in [5.41, 5.74) is 1.12.